The van der Waals surface area contributed by atoms with Gasteiger partial charge in [0.05, 0.1) is 23.3 Å². The van der Waals surface area contributed by atoms with Crippen LogP contribution in [0.2, 0.25) is 5.02 Å². The van der Waals surface area contributed by atoms with Crippen LogP contribution in [-0.2, 0) is 13.1 Å². The van der Waals surface area contributed by atoms with Crippen LogP contribution >= 0.6 is 11.6 Å². The molecule has 4 heteroatoms. The third-order valence-corrected chi connectivity index (χ3v) is 3.54. The fourth-order valence-corrected chi connectivity index (χ4v) is 2.62. The number of hydrogen-bond donors (Lipinski definition) is 1. The minimum Gasteiger partial charge on any atom is -0.497 e. The molecule has 0 amide bonds. The lowest BCUT2D eigenvalue weighted by molar-refractivity contribution is 0.415. The molecule has 2 heterocycles. The average Bonchev–Trinajstić information content (AvgIpc) is 2.64. The molecule has 0 saturated carbocycles. The van der Waals surface area contributed by atoms with Crippen molar-refractivity contribution in [3.63, 3.8) is 0 Å². The number of hydrogen-bond acceptors (Lipinski definition) is 2. The second-order valence-corrected chi connectivity index (χ2v) is 4.35. The third kappa shape index (κ3) is 1.32. The second kappa shape index (κ2) is 3.68. The van der Waals surface area contributed by atoms with Gasteiger partial charge in [0.25, 0.3) is 0 Å². The summed E-state index contributed by atoms with van der Waals surface area (Å²) in [5, 5.41) is 5.31. The van der Waals surface area contributed by atoms with E-state index in [0.717, 1.165) is 35.8 Å². The highest BCUT2D eigenvalue weighted by Crippen LogP contribution is 2.33. The number of rotatable bonds is 1. The highest BCUT2D eigenvalue weighted by Gasteiger charge is 2.18. The van der Waals surface area contributed by atoms with Gasteiger partial charge in [-0.3, -0.25) is 0 Å². The molecule has 1 aromatic carbocycles. The topological polar surface area (TPSA) is 26.2 Å². The van der Waals surface area contributed by atoms with Crippen LogP contribution in [0, 0.1) is 0 Å². The van der Waals surface area contributed by atoms with E-state index in [1.165, 1.54) is 11.2 Å². The van der Waals surface area contributed by atoms with Crippen molar-refractivity contribution in [3.05, 3.63) is 28.9 Å². The first-order valence-electron chi connectivity index (χ1n) is 5.36. The molecule has 0 unspecified atom stereocenters. The summed E-state index contributed by atoms with van der Waals surface area (Å²) in [4.78, 5) is 0. The number of halogens is 1. The Bertz CT molecular complexity index is 547. The van der Waals surface area contributed by atoms with E-state index in [2.05, 4.69) is 16.0 Å². The van der Waals surface area contributed by atoms with Gasteiger partial charge in [-0.05, 0) is 12.1 Å². The van der Waals surface area contributed by atoms with Crippen LogP contribution in [-0.4, -0.2) is 18.2 Å². The minimum absolute atomic E-state index is 0.843. The zero-order valence-corrected chi connectivity index (χ0v) is 9.84. The van der Waals surface area contributed by atoms with Gasteiger partial charge in [-0.2, -0.15) is 0 Å². The summed E-state index contributed by atoms with van der Waals surface area (Å²) in [7, 11) is 1.68. The van der Waals surface area contributed by atoms with Gasteiger partial charge < -0.3 is 14.6 Å². The number of nitrogens with one attached hydrogen (secondary N) is 1. The summed E-state index contributed by atoms with van der Waals surface area (Å²) in [5.41, 5.74) is 2.34. The Kier molecular flexibility index (Phi) is 2.30. The summed E-state index contributed by atoms with van der Waals surface area (Å²) in [5.74, 6) is 0.878. The van der Waals surface area contributed by atoms with Crippen molar-refractivity contribution in [2.75, 3.05) is 13.7 Å². The highest BCUT2D eigenvalue weighted by atomic mass is 35.5. The van der Waals surface area contributed by atoms with Gasteiger partial charge in [-0.15, -0.1) is 0 Å². The maximum absolute atomic E-state index is 6.37. The van der Waals surface area contributed by atoms with Crippen molar-refractivity contribution < 1.29 is 4.74 Å². The lowest BCUT2D eigenvalue weighted by Crippen LogP contribution is -2.27. The number of nitrogens with zero attached hydrogens (tertiary/aromatic N) is 1. The maximum atomic E-state index is 6.37. The number of benzene rings is 1. The van der Waals surface area contributed by atoms with E-state index in [9.17, 15) is 0 Å². The molecule has 1 aliphatic rings. The quantitative estimate of drug-likeness (QED) is 0.823. The van der Waals surface area contributed by atoms with Crippen molar-refractivity contribution >= 4 is 22.5 Å². The van der Waals surface area contributed by atoms with Gasteiger partial charge in [0.2, 0.25) is 0 Å². The smallest absolute Gasteiger partial charge is 0.120 e. The van der Waals surface area contributed by atoms with E-state index in [1.807, 2.05) is 12.1 Å². The first kappa shape index (κ1) is 10.00. The normalized spacial score (nSPS) is 15.1. The van der Waals surface area contributed by atoms with Gasteiger partial charge >= 0.3 is 0 Å². The van der Waals surface area contributed by atoms with Gasteiger partial charge in [0.15, 0.2) is 0 Å². The predicted molar refractivity (Wildman–Crippen MR) is 65.2 cm³/mol. The molecule has 0 bridgehead atoms. The van der Waals surface area contributed by atoms with Crippen LogP contribution in [0.15, 0.2) is 18.2 Å². The van der Waals surface area contributed by atoms with Crippen LogP contribution in [0.5, 0.6) is 5.75 Å². The molecular formula is C12H13ClN2O. The Balaban J connectivity index is 2.31. The molecule has 0 aliphatic carbocycles. The Morgan fingerprint density at radius 1 is 1.44 bits per heavy atom. The van der Waals surface area contributed by atoms with E-state index >= 15 is 0 Å². The lowest BCUT2D eigenvalue weighted by Gasteiger charge is -2.17. The molecule has 3 nitrogen and oxygen atoms in total. The van der Waals surface area contributed by atoms with Gasteiger partial charge in [0.1, 0.15) is 5.75 Å². The summed E-state index contributed by atoms with van der Waals surface area (Å²) in [6.07, 6.45) is 0. The van der Waals surface area contributed by atoms with Crippen molar-refractivity contribution in [2.24, 2.45) is 0 Å². The van der Waals surface area contributed by atoms with E-state index in [-0.39, 0.29) is 0 Å². The molecule has 0 spiro atoms. The Morgan fingerprint density at radius 2 is 2.31 bits per heavy atom. The highest BCUT2D eigenvalue weighted by molar-refractivity contribution is 6.36. The van der Waals surface area contributed by atoms with Crippen LogP contribution < -0.4 is 10.1 Å². The van der Waals surface area contributed by atoms with Gasteiger partial charge in [-0.25, -0.2) is 0 Å². The third-order valence-electron chi connectivity index (χ3n) is 3.12. The molecule has 84 valence electrons. The van der Waals surface area contributed by atoms with Gasteiger partial charge in [0, 0.05) is 31.1 Å². The Morgan fingerprint density at radius 3 is 3.12 bits per heavy atom. The summed E-state index contributed by atoms with van der Waals surface area (Å²) in [6.45, 7) is 2.80. The minimum atomic E-state index is 0.843. The van der Waals surface area contributed by atoms with E-state index in [0.29, 0.717) is 0 Å². The predicted octanol–water partition coefficient (Wildman–Crippen LogP) is 2.41. The van der Waals surface area contributed by atoms with Crippen LogP contribution in [0.4, 0.5) is 0 Å². The second-order valence-electron chi connectivity index (χ2n) is 3.97. The molecule has 1 aliphatic heterocycles. The fourth-order valence-electron chi connectivity index (χ4n) is 2.29. The van der Waals surface area contributed by atoms with Crippen LogP contribution in [0.1, 0.15) is 5.69 Å². The first-order chi connectivity index (χ1) is 7.81. The molecule has 0 radical (unpaired) electrons. The largest absolute Gasteiger partial charge is 0.497 e. The lowest BCUT2D eigenvalue weighted by atomic mass is 10.2. The summed E-state index contributed by atoms with van der Waals surface area (Å²) in [6, 6.07) is 6.03. The Labute approximate surface area is 99.0 Å². The molecular weight excluding hydrogens is 224 g/mol. The summed E-state index contributed by atoms with van der Waals surface area (Å²) >= 11 is 6.37. The van der Waals surface area contributed by atoms with Crippen molar-refractivity contribution in [1.29, 1.82) is 0 Å². The molecule has 16 heavy (non-hydrogen) atoms. The Hall–Kier alpha value is -1.19. The molecule has 1 aromatic heterocycles. The van der Waals surface area contributed by atoms with E-state index in [4.69, 9.17) is 16.3 Å². The average molecular weight is 237 g/mol. The van der Waals surface area contributed by atoms with E-state index in [1.54, 1.807) is 7.11 Å². The molecule has 1 N–H and O–H groups in total. The molecule has 0 atom stereocenters. The van der Waals surface area contributed by atoms with Crippen molar-refractivity contribution in [3.8, 4) is 5.75 Å². The van der Waals surface area contributed by atoms with Crippen LogP contribution in [0.3, 0.4) is 0 Å². The zero-order chi connectivity index (χ0) is 11.1. The van der Waals surface area contributed by atoms with Crippen molar-refractivity contribution in [2.45, 2.75) is 13.1 Å². The number of fused-ring (bicyclic) bond motifs is 3. The number of ether oxygens (including phenoxy) is 1. The molecule has 0 fully saturated rings. The number of aromatic nitrogens is 1. The summed E-state index contributed by atoms with van der Waals surface area (Å²) < 4.78 is 7.53. The monoisotopic (exact) mass is 236 g/mol. The van der Waals surface area contributed by atoms with Crippen molar-refractivity contribution in [1.82, 2.24) is 9.88 Å². The molecule has 2 aromatic rings. The van der Waals surface area contributed by atoms with E-state index < -0.39 is 0 Å². The SMILES string of the molecule is COc1ccc2c(Cl)c3n(c2c1)CCNC3. The molecule has 0 saturated heterocycles. The first-order valence-corrected chi connectivity index (χ1v) is 5.74. The molecule has 3 rings (SSSR count). The maximum Gasteiger partial charge on any atom is 0.120 e. The standard InChI is InChI=1S/C12H13ClN2O/c1-16-8-2-3-9-10(6-8)15-5-4-14-7-11(15)12(9)13/h2-3,6,14H,4-5,7H2,1H3. The fraction of sp³-hybridized carbons (Fsp3) is 0.333. The zero-order valence-electron chi connectivity index (χ0n) is 9.09. The number of methoxy groups -OCH3 is 1. The van der Waals surface area contributed by atoms with Crippen LogP contribution in [0.25, 0.3) is 10.9 Å². The van der Waals surface area contributed by atoms with Gasteiger partial charge in [-0.1, -0.05) is 11.6 Å².